The number of benzene rings is 1. The van der Waals surface area contributed by atoms with Gasteiger partial charge < -0.3 is 14.5 Å². The standard InChI is InChI=1S/C17H21BrClFN2O3/c1-10-9-21(5-6-22(10)16(24)25-17(2,3)4)15(23)12-7-11(20)8-13(18)14(12)19/h7-8,10H,5-6,9H2,1-4H3/t10-/m1/s1. The number of piperazine rings is 1. The van der Waals surface area contributed by atoms with Crippen LogP contribution in [0.25, 0.3) is 0 Å². The second-order valence-corrected chi connectivity index (χ2v) is 8.26. The Hall–Kier alpha value is -1.34. The summed E-state index contributed by atoms with van der Waals surface area (Å²) in [5.74, 6) is -0.902. The Balaban J connectivity index is 2.10. The molecule has 1 aromatic carbocycles. The van der Waals surface area contributed by atoms with Gasteiger partial charge in [0.1, 0.15) is 11.4 Å². The lowest BCUT2D eigenvalue weighted by Crippen LogP contribution is -2.56. The zero-order chi connectivity index (χ0) is 18.9. The van der Waals surface area contributed by atoms with E-state index in [9.17, 15) is 14.0 Å². The molecular weight excluding hydrogens is 415 g/mol. The van der Waals surface area contributed by atoms with Gasteiger partial charge in [0.2, 0.25) is 0 Å². The maximum absolute atomic E-state index is 13.6. The summed E-state index contributed by atoms with van der Waals surface area (Å²) in [5, 5.41) is 0.175. The van der Waals surface area contributed by atoms with E-state index in [1.54, 1.807) is 30.6 Å². The van der Waals surface area contributed by atoms with Crippen LogP contribution in [0.4, 0.5) is 9.18 Å². The van der Waals surface area contributed by atoms with Crippen LogP contribution < -0.4 is 0 Å². The summed E-state index contributed by atoms with van der Waals surface area (Å²) in [5.41, 5.74) is -0.475. The van der Waals surface area contributed by atoms with Crippen LogP contribution in [0.1, 0.15) is 38.1 Å². The van der Waals surface area contributed by atoms with E-state index < -0.39 is 17.5 Å². The Morgan fingerprint density at radius 3 is 2.52 bits per heavy atom. The van der Waals surface area contributed by atoms with Crippen molar-refractivity contribution in [2.24, 2.45) is 0 Å². The monoisotopic (exact) mass is 434 g/mol. The number of ether oxygens (including phenoxy) is 1. The average Bonchev–Trinajstić information content (AvgIpc) is 2.48. The molecule has 5 nitrogen and oxygen atoms in total. The Bertz CT molecular complexity index is 693. The number of carbonyl (C=O) groups is 2. The molecule has 0 bridgehead atoms. The van der Waals surface area contributed by atoms with Crippen molar-refractivity contribution in [3.8, 4) is 0 Å². The van der Waals surface area contributed by atoms with Crippen molar-refractivity contribution >= 4 is 39.5 Å². The molecule has 0 aliphatic carbocycles. The first-order valence-corrected chi connectivity index (χ1v) is 9.10. The summed E-state index contributed by atoms with van der Waals surface area (Å²) < 4.78 is 19.3. The van der Waals surface area contributed by atoms with Crippen LogP contribution in [0.15, 0.2) is 16.6 Å². The van der Waals surface area contributed by atoms with Crippen LogP contribution in [0.3, 0.4) is 0 Å². The van der Waals surface area contributed by atoms with E-state index >= 15 is 0 Å². The van der Waals surface area contributed by atoms with Gasteiger partial charge in [-0.05, 0) is 55.8 Å². The SMILES string of the molecule is C[C@@H]1CN(C(=O)c2cc(F)cc(Br)c2Cl)CCN1C(=O)OC(C)(C)C. The third-order valence-electron chi connectivity index (χ3n) is 3.77. The van der Waals surface area contributed by atoms with Crippen LogP contribution in [-0.4, -0.2) is 53.1 Å². The topological polar surface area (TPSA) is 49.9 Å². The summed E-state index contributed by atoms with van der Waals surface area (Å²) in [6.07, 6.45) is -0.404. The molecule has 0 unspecified atom stereocenters. The minimum atomic E-state index is -0.578. The Morgan fingerprint density at radius 1 is 1.32 bits per heavy atom. The largest absolute Gasteiger partial charge is 0.444 e. The normalized spacial score (nSPS) is 18.3. The van der Waals surface area contributed by atoms with E-state index in [1.165, 1.54) is 6.07 Å². The fraction of sp³-hybridized carbons (Fsp3) is 0.529. The molecule has 1 aliphatic rings. The van der Waals surface area contributed by atoms with Gasteiger partial charge in [-0.3, -0.25) is 4.79 Å². The zero-order valence-electron chi connectivity index (χ0n) is 14.6. The fourth-order valence-corrected chi connectivity index (χ4v) is 3.24. The highest BCUT2D eigenvalue weighted by molar-refractivity contribution is 9.10. The van der Waals surface area contributed by atoms with Crippen LogP contribution in [0, 0.1) is 5.82 Å². The Labute approximate surface area is 160 Å². The molecule has 1 heterocycles. The van der Waals surface area contributed by atoms with Crippen molar-refractivity contribution in [1.82, 2.24) is 9.80 Å². The van der Waals surface area contributed by atoms with Crippen molar-refractivity contribution < 1.29 is 18.7 Å². The minimum Gasteiger partial charge on any atom is -0.444 e. The number of halogens is 3. The smallest absolute Gasteiger partial charge is 0.410 e. The van der Waals surface area contributed by atoms with Gasteiger partial charge in [-0.2, -0.15) is 0 Å². The van der Waals surface area contributed by atoms with Gasteiger partial charge in [-0.15, -0.1) is 0 Å². The first kappa shape index (κ1) is 20.0. The number of amides is 2. The Morgan fingerprint density at radius 2 is 1.96 bits per heavy atom. The predicted molar refractivity (Wildman–Crippen MR) is 97.4 cm³/mol. The number of hydrogen-bond acceptors (Lipinski definition) is 3. The van der Waals surface area contributed by atoms with E-state index in [2.05, 4.69) is 15.9 Å². The predicted octanol–water partition coefficient (Wildman–Crippen LogP) is 4.32. The van der Waals surface area contributed by atoms with E-state index in [4.69, 9.17) is 16.3 Å². The van der Waals surface area contributed by atoms with Gasteiger partial charge in [0.05, 0.1) is 10.6 Å². The molecule has 2 amide bonds. The molecule has 1 aromatic rings. The molecular formula is C17H21BrClFN2O3. The fourth-order valence-electron chi connectivity index (χ4n) is 2.62. The molecule has 0 spiro atoms. The van der Waals surface area contributed by atoms with E-state index in [-0.39, 0.29) is 22.5 Å². The van der Waals surface area contributed by atoms with Gasteiger partial charge in [0.25, 0.3) is 5.91 Å². The number of carbonyl (C=O) groups excluding carboxylic acids is 2. The second-order valence-electron chi connectivity index (χ2n) is 7.02. The van der Waals surface area contributed by atoms with Gasteiger partial charge in [0, 0.05) is 30.1 Å². The molecule has 2 rings (SSSR count). The highest BCUT2D eigenvalue weighted by Gasteiger charge is 2.33. The summed E-state index contributed by atoms with van der Waals surface area (Å²) in [6, 6.07) is 2.12. The molecule has 0 N–H and O–H groups in total. The zero-order valence-corrected chi connectivity index (χ0v) is 16.9. The highest BCUT2D eigenvalue weighted by atomic mass is 79.9. The lowest BCUT2D eigenvalue weighted by Gasteiger charge is -2.40. The molecule has 1 saturated heterocycles. The Kier molecular flexibility index (Phi) is 5.99. The van der Waals surface area contributed by atoms with Gasteiger partial charge in [-0.25, -0.2) is 9.18 Å². The highest BCUT2D eigenvalue weighted by Crippen LogP contribution is 2.29. The van der Waals surface area contributed by atoms with E-state index in [0.717, 1.165) is 6.07 Å². The summed E-state index contributed by atoms with van der Waals surface area (Å²) in [7, 11) is 0. The summed E-state index contributed by atoms with van der Waals surface area (Å²) in [6.45, 7) is 8.25. The van der Waals surface area contributed by atoms with E-state index in [0.29, 0.717) is 24.1 Å². The maximum Gasteiger partial charge on any atom is 0.410 e. The lowest BCUT2D eigenvalue weighted by atomic mass is 10.1. The lowest BCUT2D eigenvalue weighted by molar-refractivity contribution is 0.00198. The third-order valence-corrected chi connectivity index (χ3v) is 5.03. The number of hydrogen-bond donors (Lipinski definition) is 0. The van der Waals surface area contributed by atoms with Crippen molar-refractivity contribution in [2.45, 2.75) is 39.3 Å². The van der Waals surface area contributed by atoms with Crippen LogP contribution in [0.2, 0.25) is 5.02 Å². The molecule has 1 atom stereocenters. The van der Waals surface area contributed by atoms with Gasteiger partial charge >= 0.3 is 6.09 Å². The van der Waals surface area contributed by atoms with E-state index in [1.807, 2.05) is 6.92 Å². The van der Waals surface area contributed by atoms with Crippen molar-refractivity contribution in [1.29, 1.82) is 0 Å². The molecule has 0 aromatic heterocycles. The average molecular weight is 436 g/mol. The van der Waals surface area contributed by atoms with Crippen LogP contribution >= 0.6 is 27.5 Å². The van der Waals surface area contributed by atoms with Crippen molar-refractivity contribution in [2.75, 3.05) is 19.6 Å². The second kappa shape index (κ2) is 7.50. The molecule has 0 saturated carbocycles. The molecule has 1 fully saturated rings. The quantitative estimate of drug-likeness (QED) is 0.617. The first-order chi connectivity index (χ1) is 11.5. The summed E-state index contributed by atoms with van der Waals surface area (Å²) >= 11 is 9.27. The van der Waals surface area contributed by atoms with Crippen LogP contribution in [0.5, 0.6) is 0 Å². The van der Waals surface area contributed by atoms with Gasteiger partial charge in [0.15, 0.2) is 0 Å². The van der Waals surface area contributed by atoms with Crippen molar-refractivity contribution in [3.05, 3.63) is 33.0 Å². The van der Waals surface area contributed by atoms with Crippen LogP contribution in [-0.2, 0) is 4.74 Å². The molecule has 1 aliphatic heterocycles. The number of rotatable bonds is 1. The minimum absolute atomic E-state index is 0.103. The number of nitrogens with zero attached hydrogens (tertiary/aromatic N) is 2. The molecule has 138 valence electrons. The molecule has 0 radical (unpaired) electrons. The molecule has 8 heteroatoms. The molecule has 25 heavy (non-hydrogen) atoms. The maximum atomic E-state index is 13.6. The third kappa shape index (κ3) is 4.85. The van der Waals surface area contributed by atoms with Gasteiger partial charge in [-0.1, -0.05) is 11.6 Å². The van der Waals surface area contributed by atoms with Crippen molar-refractivity contribution in [3.63, 3.8) is 0 Å². The summed E-state index contributed by atoms with van der Waals surface area (Å²) in [4.78, 5) is 28.1. The first-order valence-electron chi connectivity index (χ1n) is 7.93.